The maximum absolute atomic E-state index is 11.9. The Morgan fingerprint density at radius 3 is 2.48 bits per heavy atom. The number of ether oxygens (including phenoxy) is 2. The Labute approximate surface area is 154 Å². The van der Waals surface area contributed by atoms with Crippen molar-refractivity contribution in [1.82, 2.24) is 0 Å². The second-order valence-corrected chi connectivity index (χ2v) is 6.11. The quantitative estimate of drug-likeness (QED) is 0.583. The molecule has 0 aliphatic carbocycles. The molecule has 25 heavy (non-hydrogen) atoms. The summed E-state index contributed by atoms with van der Waals surface area (Å²) in [7, 11) is 0. The van der Waals surface area contributed by atoms with Gasteiger partial charge in [-0.15, -0.1) is 0 Å². The third kappa shape index (κ3) is 7.06. The van der Waals surface area contributed by atoms with E-state index in [0.717, 1.165) is 18.8 Å². The first-order valence-electron chi connectivity index (χ1n) is 8.59. The van der Waals surface area contributed by atoms with Crippen molar-refractivity contribution in [2.24, 2.45) is 0 Å². The van der Waals surface area contributed by atoms with Gasteiger partial charge in [-0.2, -0.15) is 0 Å². The Morgan fingerprint density at radius 2 is 1.76 bits per heavy atom. The Morgan fingerprint density at radius 1 is 1.00 bits per heavy atom. The number of hydrogen-bond donors (Lipinski definition) is 1. The summed E-state index contributed by atoms with van der Waals surface area (Å²) in [6.07, 6.45) is 4.71. The van der Waals surface area contributed by atoms with E-state index in [9.17, 15) is 4.79 Å². The van der Waals surface area contributed by atoms with Crippen molar-refractivity contribution in [2.45, 2.75) is 32.6 Å². The highest BCUT2D eigenvalue weighted by Crippen LogP contribution is 2.23. The Bertz CT molecular complexity index is 658. The number of anilines is 1. The fraction of sp³-hybridized carbons (Fsp3) is 0.350. The summed E-state index contributed by atoms with van der Waals surface area (Å²) in [5, 5.41) is 3.26. The van der Waals surface area contributed by atoms with Crippen LogP contribution in [-0.4, -0.2) is 19.1 Å². The number of nitrogens with one attached hydrogen (secondary N) is 1. The van der Waals surface area contributed by atoms with E-state index in [1.165, 1.54) is 19.3 Å². The molecule has 0 bridgehead atoms. The lowest BCUT2D eigenvalue weighted by molar-refractivity contribution is -0.118. The molecule has 0 aromatic heterocycles. The number of carbonyl (C=O) groups is 1. The van der Waals surface area contributed by atoms with Crippen LogP contribution in [0.5, 0.6) is 11.5 Å². The molecule has 0 fully saturated rings. The predicted molar refractivity (Wildman–Crippen MR) is 102 cm³/mol. The number of hydrogen-bond acceptors (Lipinski definition) is 3. The molecule has 5 heteroatoms. The molecule has 2 rings (SSSR count). The highest BCUT2D eigenvalue weighted by molar-refractivity contribution is 6.32. The molecule has 4 nitrogen and oxygen atoms in total. The number of rotatable bonds is 10. The highest BCUT2D eigenvalue weighted by atomic mass is 35.5. The number of carbonyl (C=O) groups excluding carboxylic acids is 1. The second kappa shape index (κ2) is 10.6. The third-order valence-electron chi connectivity index (χ3n) is 3.60. The minimum atomic E-state index is -0.242. The van der Waals surface area contributed by atoms with Crippen LogP contribution in [0.15, 0.2) is 48.5 Å². The van der Waals surface area contributed by atoms with Crippen molar-refractivity contribution < 1.29 is 14.3 Å². The van der Waals surface area contributed by atoms with Gasteiger partial charge in [0.05, 0.1) is 11.6 Å². The Hall–Kier alpha value is -2.20. The van der Waals surface area contributed by atoms with Crippen LogP contribution in [0.2, 0.25) is 5.02 Å². The molecule has 2 aromatic rings. The minimum absolute atomic E-state index is 0.0978. The van der Waals surface area contributed by atoms with E-state index in [1.54, 1.807) is 18.2 Å². The van der Waals surface area contributed by atoms with Gasteiger partial charge >= 0.3 is 0 Å². The molecule has 2 aromatic carbocycles. The number of amides is 1. The summed E-state index contributed by atoms with van der Waals surface area (Å²) in [6.45, 7) is 2.81. The molecule has 1 N–H and O–H groups in total. The van der Waals surface area contributed by atoms with Gasteiger partial charge in [-0.1, -0.05) is 49.9 Å². The molecule has 0 aliphatic rings. The smallest absolute Gasteiger partial charge is 0.262 e. The third-order valence-corrected chi connectivity index (χ3v) is 3.91. The van der Waals surface area contributed by atoms with E-state index in [2.05, 4.69) is 12.2 Å². The molecular formula is C20H24ClNO3. The Balaban J connectivity index is 1.73. The molecule has 0 radical (unpaired) electrons. The zero-order valence-corrected chi connectivity index (χ0v) is 15.2. The molecule has 0 saturated carbocycles. The van der Waals surface area contributed by atoms with Gasteiger partial charge in [0.25, 0.3) is 5.91 Å². The number of benzene rings is 2. The molecule has 134 valence electrons. The van der Waals surface area contributed by atoms with E-state index in [0.29, 0.717) is 16.5 Å². The molecule has 0 aliphatic heterocycles. The number of para-hydroxylation sites is 1. The zero-order chi connectivity index (χ0) is 17.9. The topological polar surface area (TPSA) is 47.6 Å². The molecule has 0 atom stereocenters. The van der Waals surface area contributed by atoms with Gasteiger partial charge in [0, 0.05) is 5.69 Å². The summed E-state index contributed by atoms with van der Waals surface area (Å²) in [6, 6.07) is 14.4. The van der Waals surface area contributed by atoms with Crippen molar-refractivity contribution in [3.63, 3.8) is 0 Å². The average molecular weight is 362 g/mol. The molecule has 0 spiro atoms. The van der Waals surface area contributed by atoms with Crippen LogP contribution in [0.1, 0.15) is 32.6 Å². The fourth-order valence-electron chi connectivity index (χ4n) is 2.26. The van der Waals surface area contributed by atoms with Crippen LogP contribution >= 0.6 is 11.6 Å². The standard InChI is InChI=1S/C20H24ClNO3/c1-2-3-4-7-14-24-17-12-10-16(11-13-17)22-20(23)15-25-19-9-6-5-8-18(19)21/h5-6,8-13H,2-4,7,14-15H2,1H3,(H,22,23). The molecule has 0 saturated heterocycles. The summed E-state index contributed by atoms with van der Waals surface area (Å²) >= 11 is 5.98. The highest BCUT2D eigenvalue weighted by Gasteiger charge is 2.06. The molecule has 1 amide bonds. The van der Waals surface area contributed by atoms with Crippen molar-refractivity contribution >= 4 is 23.2 Å². The summed E-state index contributed by atoms with van der Waals surface area (Å²) < 4.78 is 11.1. The van der Waals surface area contributed by atoms with E-state index in [4.69, 9.17) is 21.1 Å². The fourth-order valence-corrected chi connectivity index (χ4v) is 2.45. The molecular weight excluding hydrogens is 338 g/mol. The Kier molecular flexibility index (Phi) is 8.13. The van der Waals surface area contributed by atoms with E-state index >= 15 is 0 Å². The van der Waals surface area contributed by atoms with Gasteiger partial charge in [0.2, 0.25) is 0 Å². The van der Waals surface area contributed by atoms with Crippen molar-refractivity contribution in [3.05, 3.63) is 53.6 Å². The monoisotopic (exact) mass is 361 g/mol. The van der Waals surface area contributed by atoms with Crippen LogP contribution < -0.4 is 14.8 Å². The van der Waals surface area contributed by atoms with Gasteiger partial charge in [-0.05, 0) is 42.8 Å². The lowest BCUT2D eigenvalue weighted by Crippen LogP contribution is -2.20. The van der Waals surface area contributed by atoms with Crippen molar-refractivity contribution in [3.8, 4) is 11.5 Å². The first kappa shape index (κ1) is 19.1. The minimum Gasteiger partial charge on any atom is -0.494 e. The molecule has 0 heterocycles. The summed E-state index contributed by atoms with van der Waals surface area (Å²) in [5.41, 5.74) is 0.700. The molecule has 0 unspecified atom stereocenters. The summed E-state index contributed by atoms with van der Waals surface area (Å²) in [4.78, 5) is 11.9. The van der Waals surface area contributed by atoms with Gasteiger partial charge in [0.15, 0.2) is 6.61 Å². The van der Waals surface area contributed by atoms with Crippen molar-refractivity contribution in [2.75, 3.05) is 18.5 Å². The van der Waals surface area contributed by atoms with Gasteiger partial charge in [-0.25, -0.2) is 0 Å². The SMILES string of the molecule is CCCCCCOc1ccc(NC(=O)COc2ccccc2Cl)cc1. The van der Waals surface area contributed by atoms with Crippen LogP contribution in [0.4, 0.5) is 5.69 Å². The van der Waals surface area contributed by atoms with E-state index < -0.39 is 0 Å². The van der Waals surface area contributed by atoms with Crippen molar-refractivity contribution in [1.29, 1.82) is 0 Å². The maximum Gasteiger partial charge on any atom is 0.262 e. The van der Waals surface area contributed by atoms with Crippen LogP contribution in [0.3, 0.4) is 0 Å². The van der Waals surface area contributed by atoms with Crippen LogP contribution in [-0.2, 0) is 4.79 Å². The van der Waals surface area contributed by atoms with Gasteiger partial charge in [-0.3, -0.25) is 4.79 Å². The second-order valence-electron chi connectivity index (χ2n) is 5.70. The van der Waals surface area contributed by atoms with Crippen LogP contribution in [0.25, 0.3) is 0 Å². The maximum atomic E-state index is 11.9. The average Bonchev–Trinajstić information content (AvgIpc) is 2.62. The normalized spacial score (nSPS) is 10.3. The van der Waals surface area contributed by atoms with Crippen LogP contribution in [0, 0.1) is 0 Å². The predicted octanol–water partition coefficient (Wildman–Crippen LogP) is 5.32. The lowest BCUT2D eigenvalue weighted by Gasteiger charge is -2.10. The first-order valence-corrected chi connectivity index (χ1v) is 8.97. The lowest BCUT2D eigenvalue weighted by atomic mass is 10.2. The van der Waals surface area contributed by atoms with Gasteiger partial charge < -0.3 is 14.8 Å². The van der Waals surface area contributed by atoms with E-state index in [-0.39, 0.29) is 12.5 Å². The zero-order valence-electron chi connectivity index (χ0n) is 14.5. The first-order chi connectivity index (χ1) is 12.2. The van der Waals surface area contributed by atoms with E-state index in [1.807, 2.05) is 30.3 Å². The number of unbranched alkanes of at least 4 members (excludes halogenated alkanes) is 3. The van der Waals surface area contributed by atoms with Gasteiger partial charge in [0.1, 0.15) is 11.5 Å². The summed E-state index contributed by atoms with van der Waals surface area (Å²) in [5.74, 6) is 1.06. The largest absolute Gasteiger partial charge is 0.494 e. The number of halogens is 1.